The van der Waals surface area contributed by atoms with Gasteiger partial charge in [0.1, 0.15) is 6.54 Å². The second-order valence-electron chi connectivity index (χ2n) is 8.06. The highest BCUT2D eigenvalue weighted by molar-refractivity contribution is 5.94. The van der Waals surface area contributed by atoms with Crippen LogP contribution in [0.15, 0.2) is 78.9 Å². The van der Waals surface area contributed by atoms with Crippen LogP contribution in [0.3, 0.4) is 0 Å². The van der Waals surface area contributed by atoms with Crippen LogP contribution < -0.4 is 15.1 Å². The number of carbonyl (C=O) groups is 1. The van der Waals surface area contributed by atoms with Crippen molar-refractivity contribution < 1.29 is 9.69 Å². The zero-order chi connectivity index (χ0) is 20.8. The molecule has 1 fully saturated rings. The van der Waals surface area contributed by atoms with E-state index in [2.05, 4.69) is 71.7 Å². The number of nitrogens with zero attached hydrogens (tertiary/aromatic N) is 1. The molecule has 154 valence electrons. The minimum atomic E-state index is -0.0198. The fourth-order valence-electron chi connectivity index (χ4n) is 4.05. The van der Waals surface area contributed by atoms with Gasteiger partial charge in [-0.05, 0) is 42.3 Å². The lowest BCUT2D eigenvalue weighted by Gasteiger charge is -2.33. The van der Waals surface area contributed by atoms with Crippen molar-refractivity contribution in [1.29, 1.82) is 0 Å². The van der Waals surface area contributed by atoms with Crippen LogP contribution in [-0.2, 0) is 13.1 Å². The van der Waals surface area contributed by atoms with Gasteiger partial charge in [0, 0.05) is 23.4 Å². The number of quaternary nitrogens is 1. The highest BCUT2D eigenvalue weighted by atomic mass is 16.1. The van der Waals surface area contributed by atoms with Gasteiger partial charge >= 0.3 is 0 Å². The van der Waals surface area contributed by atoms with Crippen LogP contribution >= 0.6 is 0 Å². The number of piperazine rings is 1. The predicted octanol–water partition coefficient (Wildman–Crippen LogP) is 2.83. The van der Waals surface area contributed by atoms with Crippen molar-refractivity contribution in [2.24, 2.45) is 0 Å². The van der Waals surface area contributed by atoms with Gasteiger partial charge in [-0.2, -0.15) is 0 Å². The molecule has 0 saturated carbocycles. The predicted molar refractivity (Wildman–Crippen MR) is 122 cm³/mol. The van der Waals surface area contributed by atoms with Gasteiger partial charge < -0.3 is 15.1 Å². The topological polar surface area (TPSA) is 36.8 Å². The first-order valence-corrected chi connectivity index (χ1v) is 10.7. The average molecular weight is 401 g/mol. The van der Waals surface area contributed by atoms with Crippen LogP contribution in [0.25, 0.3) is 0 Å². The smallest absolute Gasteiger partial charge is 0.251 e. The molecule has 0 atom stereocenters. The van der Waals surface area contributed by atoms with E-state index in [1.165, 1.54) is 16.8 Å². The Morgan fingerprint density at radius 1 is 0.900 bits per heavy atom. The van der Waals surface area contributed by atoms with Crippen molar-refractivity contribution in [1.82, 2.24) is 5.32 Å². The number of para-hydroxylation sites is 1. The first-order valence-electron chi connectivity index (χ1n) is 10.7. The van der Waals surface area contributed by atoms with E-state index in [1.807, 2.05) is 24.3 Å². The van der Waals surface area contributed by atoms with Crippen LogP contribution in [0, 0.1) is 6.92 Å². The number of hydrogen-bond donors (Lipinski definition) is 2. The van der Waals surface area contributed by atoms with Crippen LogP contribution in [0.5, 0.6) is 0 Å². The van der Waals surface area contributed by atoms with E-state index in [1.54, 1.807) is 4.90 Å². The van der Waals surface area contributed by atoms with Gasteiger partial charge in [0.25, 0.3) is 5.91 Å². The van der Waals surface area contributed by atoms with Gasteiger partial charge in [-0.3, -0.25) is 4.79 Å². The van der Waals surface area contributed by atoms with E-state index < -0.39 is 0 Å². The SMILES string of the molecule is Cc1ccccc1CNC(=O)c1ccc(C[NH+]2CCN(c3ccccc3)CC2)cc1. The Morgan fingerprint density at radius 2 is 1.57 bits per heavy atom. The molecule has 30 heavy (non-hydrogen) atoms. The van der Waals surface area contributed by atoms with Gasteiger partial charge in [-0.15, -0.1) is 0 Å². The fraction of sp³-hybridized carbons (Fsp3) is 0.269. The molecule has 0 radical (unpaired) electrons. The maximum atomic E-state index is 12.5. The number of benzene rings is 3. The number of hydrogen-bond acceptors (Lipinski definition) is 2. The normalized spacial score (nSPS) is 14.5. The molecule has 1 amide bonds. The number of nitrogens with one attached hydrogen (secondary N) is 2. The Balaban J connectivity index is 1.27. The van der Waals surface area contributed by atoms with E-state index in [4.69, 9.17) is 0 Å². The number of rotatable bonds is 6. The molecule has 0 aromatic heterocycles. The Labute approximate surface area is 179 Å². The van der Waals surface area contributed by atoms with Gasteiger partial charge in [0.2, 0.25) is 0 Å². The zero-order valence-corrected chi connectivity index (χ0v) is 17.6. The number of amides is 1. The summed E-state index contributed by atoms with van der Waals surface area (Å²) >= 11 is 0. The molecule has 2 N–H and O–H groups in total. The maximum Gasteiger partial charge on any atom is 0.251 e. The second-order valence-corrected chi connectivity index (χ2v) is 8.06. The first-order chi connectivity index (χ1) is 14.7. The summed E-state index contributed by atoms with van der Waals surface area (Å²) in [5, 5.41) is 3.03. The van der Waals surface area contributed by atoms with Gasteiger partial charge in [-0.1, -0.05) is 54.6 Å². The molecule has 0 bridgehead atoms. The summed E-state index contributed by atoms with van der Waals surface area (Å²) in [4.78, 5) is 16.5. The third-order valence-electron chi connectivity index (χ3n) is 5.96. The van der Waals surface area contributed by atoms with Crippen LogP contribution in [0.2, 0.25) is 0 Å². The molecule has 0 unspecified atom stereocenters. The van der Waals surface area contributed by atoms with E-state index in [9.17, 15) is 4.79 Å². The average Bonchev–Trinajstić information content (AvgIpc) is 2.80. The van der Waals surface area contributed by atoms with E-state index in [-0.39, 0.29) is 5.91 Å². The summed E-state index contributed by atoms with van der Waals surface area (Å²) in [7, 11) is 0. The zero-order valence-electron chi connectivity index (χ0n) is 17.6. The summed E-state index contributed by atoms with van der Waals surface area (Å²) in [5.74, 6) is -0.0198. The molecule has 3 aromatic carbocycles. The Morgan fingerprint density at radius 3 is 2.27 bits per heavy atom. The quantitative estimate of drug-likeness (QED) is 0.668. The van der Waals surface area contributed by atoms with E-state index in [0.717, 1.165) is 43.9 Å². The van der Waals surface area contributed by atoms with Crippen molar-refractivity contribution >= 4 is 11.6 Å². The van der Waals surface area contributed by atoms with Crippen molar-refractivity contribution in [3.8, 4) is 0 Å². The van der Waals surface area contributed by atoms with Gasteiger partial charge in [-0.25, -0.2) is 0 Å². The fourth-order valence-corrected chi connectivity index (χ4v) is 4.05. The number of aryl methyl sites for hydroxylation is 1. The van der Waals surface area contributed by atoms with Crippen molar-refractivity contribution in [2.45, 2.75) is 20.0 Å². The third-order valence-corrected chi connectivity index (χ3v) is 5.96. The molecule has 0 spiro atoms. The highest BCUT2D eigenvalue weighted by Crippen LogP contribution is 2.13. The van der Waals surface area contributed by atoms with Crippen molar-refractivity contribution in [3.05, 3.63) is 101 Å². The molecular formula is C26H30N3O+. The number of carbonyl (C=O) groups excluding carboxylic acids is 1. The Bertz CT molecular complexity index is 961. The van der Waals surface area contributed by atoms with Crippen LogP contribution in [0.1, 0.15) is 27.0 Å². The molecule has 1 aliphatic rings. The van der Waals surface area contributed by atoms with E-state index >= 15 is 0 Å². The minimum Gasteiger partial charge on any atom is -0.360 e. The summed E-state index contributed by atoms with van der Waals surface area (Å²) in [6, 6.07) is 26.9. The molecule has 0 aliphatic carbocycles. The Hall–Kier alpha value is -3.11. The van der Waals surface area contributed by atoms with Gasteiger partial charge in [0.15, 0.2) is 0 Å². The standard InChI is InChI=1S/C26H29N3O/c1-21-7-5-6-8-24(21)19-27-26(30)23-13-11-22(12-14-23)20-28-15-17-29(18-16-28)25-9-3-2-4-10-25/h2-14H,15-20H2,1H3,(H,27,30)/p+1. The second kappa shape index (κ2) is 9.59. The lowest BCUT2D eigenvalue weighted by atomic mass is 10.1. The monoisotopic (exact) mass is 400 g/mol. The third kappa shape index (κ3) is 5.08. The number of anilines is 1. The summed E-state index contributed by atoms with van der Waals surface area (Å²) in [5.41, 5.74) is 5.67. The Kier molecular flexibility index (Phi) is 6.45. The van der Waals surface area contributed by atoms with E-state index in [0.29, 0.717) is 6.54 Å². The molecule has 4 heteroatoms. The molecule has 1 saturated heterocycles. The van der Waals surface area contributed by atoms with Gasteiger partial charge in [0.05, 0.1) is 26.2 Å². The maximum absolute atomic E-state index is 12.5. The lowest BCUT2D eigenvalue weighted by molar-refractivity contribution is -0.914. The largest absolute Gasteiger partial charge is 0.360 e. The molecule has 4 rings (SSSR count). The van der Waals surface area contributed by atoms with Crippen molar-refractivity contribution in [3.63, 3.8) is 0 Å². The molecular weight excluding hydrogens is 370 g/mol. The van der Waals surface area contributed by atoms with Crippen molar-refractivity contribution in [2.75, 3.05) is 31.1 Å². The molecule has 1 heterocycles. The first kappa shape index (κ1) is 20.2. The minimum absolute atomic E-state index is 0.0198. The summed E-state index contributed by atoms with van der Waals surface area (Å²) < 4.78 is 0. The summed E-state index contributed by atoms with van der Waals surface area (Å²) in [6.45, 7) is 8.06. The summed E-state index contributed by atoms with van der Waals surface area (Å²) in [6.07, 6.45) is 0. The lowest BCUT2D eigenvalue weighted by Crippen LogP contribution is -3.13. The molecule has 3 aromatic rings. The van der Waals surface area contributed by atoms with Crippen LogP contribution in [-0.4, -0.2) is 32.1 Å². The molecule has 4 nitrogen and oxygen atoms in total. The van der Waals surface area contributed by atoms with Crippen LogP contribution in [0.4, 0.5) is 5.69 Å². The highest BCUT2D eigenvalue weighted by Gasteiger charge is 2.20. The molecule has 1 aliphatic heterocycles.